The summed E-state index contributed by atoms with van der Waals surface area (Å²) in [6.07, 6.45) is 1.09. The average Bonchev–Trinajstić information content (AvgIpc) is 3.06. The van der Waals surface area contributed by atoms with Gasteiger partial charge in [-0.1, -0.05) is 0 Å². The number of ether oxygens (including phenoxy) is 1. The van der Waals surface area contributed by atoms with Gasteiger partial charge in [-0.15, -0.1) is 0 Å². The summed E-state index contributed by atoms with van der Waals surface area (Å²) in [5, 5.41) is 12.6. The summed E-state index contributed by atoms with van der Waals surface area (Å²) in [6, 6.07) is 0.433. The monoisotopic (exact) mass is 265 g/mol. The second-order valence-corrected chi connectivity index (χ2v) is 6.51. The molecule has 0 saturated heterocycles. The number of sulfone groups is 1. The van der Waals surface area contributed by atoms with Crippen LogP contribution in [0.2, 0.25) is 0 Å². The Kier molecular flexibility index (Phi) is 5.35. The van der Waals surface area contributed by atoms with Crippen LogP contribution < -0.4 is 5.32 Å². The minimum absolute atomic E-state index is 0.165. The highest BCUT2D eigenvalue weighted by molar-refractivity contribution is 7.91. The molecule has 17 heavy (non-hydrogen) atoms. The van der Waals surface area contributed by atoms with Gasteiger partial charge in [0.25, 0.3) is 0 Å². The Hall–Kier alpha value is -0.660. The molecule has 1 rings (SSSR count). The van der Waals surface area contributed by atoms with Gasteiger partial charge in [0.2, 0.25) is 0 Å². The van der Waals surface area contributed by atoms with Crippen LogP contribution in [0.15, 0.2) is 0 Å². The molecule has 0 aromatic carbocycles. The number of nitrogens with one attached hydrogen (secondary N) is 1. The molecule has 1 fully saturated rings. The van der Waals surface area contributed by atoms with Crippen LogP contribution in [0.4, 0.5) is 0 Å². The van der Waals surface area contributed by atoms with E-state index in [4.69, 9.17) is 0 Å². The number of aliphatic hydroxyl groups is 1. The fourth-order valence-corrected chi connectivity index (χ4v) is 2.71. The van der Waals surface area contributed by atoms with Crippen molar-refractivity contribution in [1.29, 1.82) is 0 Å². The lowest BCUT2D eigenvalue weighted by Crippen LogP contribution is -2.34. The highest BCUT2D eigenvalue weighted by atomic mass is 32.2. The van der Waals surface area contributed by atoms with E-state index in [0.29, 0.717) is 6.04 Å². The molecule has 0 radical (unpaired) electrons. The largest absolute Gasteiger partial charge is 0.469 e. The first-order chi connectivity index (χ1) is 7.93. The second-order valence-electron chi connectivity index (χ2n) is 4.28. The van der Waals surface area contributed by atoms with Gasteiger partial charge < -0.3 is 15.2 Å². The fraction of sp³-hybridized carbons (Fsp3) is 0.900. The molecule has 7 heteroatoms. The van der Waals surface area contributed by atoms with E-state index in [1.807, 2.05) is 0 Å². The van der Waals surface area contributed by atoms with Gasteiger partial charge in [-0.05, 0) is 12.8 Å². The molecule has 0 heterocycles. The van der Waals surface area contributed by atoms with Gasteiger partial charge >= 0.3 is 5.97 Å². The fourth-order valence-electron chi connectivity index (χ4n) is 1.37. The minimum atomic E-state index is -3.40. The summed E-state index contributed by atoms with van der Waals surface area (Å²) in [6.45, 7) is 0.280. The van der Waals surface area contributed by atoms with E-state index in [-0.39, 0.29) is 24.5 Å². The molecule has 1 atom stereocenters. The van der Waals surface area contributed by atoms with Crippen molar-refractivity contribution in [3.8, 4) is 0 Å². The average molecular weight is 265 g/mol. The second kappa shape index (κ2) is 6.32. The van der Waals surface area contributed by atoms with Crippen molar-refractivity contribution in [2.75, 3.05) is 25.2 Å². The molecule has 0 spiro atoms. The molecule has 1 aliphatic rings. The minimum Gasteiger partial charge on any atom is -0.469 e. The molecule has 0 aromatic heterocycles. The third kappa shape index (κ3) is 6.60. The van der Waals surface area contributed by atoms with E-state index in [1.54, 1.807) is 0 Å². The predicted octanol–water partition coefficient (Wildman–Crippen LogP) is -0.923. The van der Waals surface area contributed by atoms with Crippen LogP contribution in [0, 0.1) is 0 Å². The number of carbonyl (C=O) groups is 1. The van der Waals surface area contributed by atoms with E-state index >= 15 is 0 Å². The Morgan fingerprint density at radius 1 is 1.53 bits per heavy atom. The Bertz CT molecular complexity index is 350. The number of carbonyl (C=O) groups excluding carboxylic acids is 1. The maximum absolute atomic E-state index is 11.5. The van der Waals surface area contributed by atoms with Crippen LogP contribution in [-0.4, -0.2) is 56.8 Å². The summed E-state index contributed by atoms with van der Waals surface area (Å²) in [5.74, 6) is -1.15. The third-order valence-electron chi connectivity index (χ3n) is 2.51. The summed E-state index contributed by atoms with van der Waals surface area (Å²) in [5.41, 5.74) is 0. The zero-order valence-electron chi connectivity index (χ0n) is 9.89. The predicted molar refractivity (Wildman–Crippen MR) is 62.3 cm³/mol. The van der Waals surface area contributed by atoms with Crippen LogP contribution in [-0.2, 0) is 19.4 Å². The molecule has 2 N–H and O–H groups in total. The molecule has 1 aliphatic carbocycles. The van der Waals surface area contributed by atoms with Crippen LogP contribution in [0.3, 0.4) is 0 Å². The van der Waals surface area contributed by atoms with Gasteiger partial charge in [0.15, 0.2) is 9.84 Å². The molecular weight excluding hydrogens is 246 g/mol. The molecule has 0 amide bonds. The van der Waals surface area contributed by atoms with Gasteiger partial charge in [-0.3, -0.25) is 4.79 Å². The third-order valence-corrected chi connectivity index (χ3v) is 4.23. The standard InChI is InChI=1S/C10H19NO5S/c1-16-10(13)4-5-17(14,15)7-9(12)6-11-8-2-3-8/h8-9,11-12H,2-7H2,1H3. The maximum Gasteiger partial charge on any atom is 0.306 e. The molecule has 1 saturated carbocycles. The van der Waals surface area contributed by atoms with Gasteiger partial charge in [-0.25, -0.2) is 8.42 Å². The molecule has 100 valence electrons. The van der Waals surface area contributed by atoms with Crippen molar-refractivity contribution >= 4 is 15.8 Å². The van der Waals surface area contributed by atoms with Crippen molar-refractivity contribution in [2.45, 2.75) is 31.4 Å². The number of hydrogen-bond acceptors (Lipinski definition) is 6. The Morgan fingerprint density at radius 2 is 2.18 bits per heavy atom. The summed E-state index contributed by atoms with van der Waals surface area (Å²) in [7, 11) is -2.19. The van der Waals surface area contributed by atoms with Crippen LogP contribution in [0.5, 0.6) is 0 Å². The number of methoxy groups -OCH3 is 1. The smallest absolute Gasteiger partial charge is 0.306 e. The van der Waals surface area contributed by atoms with E-state index in [1.165, 1.54) is 7.11 Å². The number of rotatable bonds is 8. The number of aliphatic hydroxyl groups excluding tert-OH is 1. The first kappa shape index (κ1) is 14.4. The van der Waals surface area contributed by atoms with Crippen LogP contribution in [0.1, 0.15) is 19.3 Å². The lowest BCUT2D eigenvalue weighted by molar-refractivity contribution is -0.140. The van der Waals surface area contributed by atoms with Crippen molar-refractivity contribution in [3.05, 3.63) is 0 Å². The highest BCUT2D eigenvalue weighted by Crippen LogP contribution is 2.18. The molecule has 0 aliphatic heterocycles. The zero-order chi connectivity index (χ0) is 12.9. The number of esters is 1. The van der Waals surface area contributed by atoms with E-state index < -0.39 is 21.9 Å². The molecule has 0 bridgehead atoms. The van der Waals surface area contributed by atoms with Crippen molar-refractivity contribution in [3.63, 3.8) is 0 Å². The quantitative estimate of drug-likeness (QED) is 0.551. The van der Waals surface area contributed by atoms with Crippen molar-refractivity contribution in [1.82, 2.24) is 5.32 Å². The summed E-state index contributed by atoms with van der Waals surface area (Å²) >= 11 is 0. The van der Waals surface area contributed by atoms with Gasteiger partial charge in [-0.2, -0.15) is 0 Å². The van der Waals surface area contributed by atoms with Gasteiger partial charge in [0, 0.05) is 12.6 Å². The normalized spacial score (nSPS) is 17.8. The van der Waals surface area contributed by atoms with Gasteiger partial charge in [0.1, 0.15) is 0 Å². The summed E-state index contributed by atoms with van der Waals surface area (Å²) in [4.78, 5) is 10.8. The topological polar surface area (TPSA) is 92.7 Å². The molecule has 6 nitrogen and oxygen atoms in total. The van der Waals surface area contributed by atoms with Gasteiger partial charge in [0.05, 0.1) is 31.1 Å². The van der Waals surface area contributed by atoms with E-state index in [9.17, 15) is 18.3 Å². The van der Waals surface area contributed by atoms with Crippen LogP contribution in [0.25, 0.3) is 0 Å². The molecule has 0 aromatic rings. The van der Waals surface area contributed by atoms with Crippen LogP contribution >= 0.6 is 0 Å². The number of hydrogen-bond donors (Lipinski definition) is 2. The Balaban J connectivity index is 2.23. The lowest BCUT2D eigenvalue weighted by atomic mass is 10.4. The molecule has 1 unspecified atom stereocenters. The lowest BCUT2D eigenvalue weighted by Gasteiger charge is -2.11. The van der Waals surface area contributed by atoms with E-state index in [0.717, 1.165) is 12.8 Å². The molecular formula is C10H19NO5S. The first-order valence-corrected chi connectivity index (χ1v) is 7.44. The summed E-state index contributed by atoms with van der Waals surface area (Å²) < 4.78 is 27.4. The first-order valence-electron chi connectivity index (χ1n) is 5.61. The van der Waals surface area contributed by atoms with Crippen molar-refractivity contribution in [2.24, 2.45) is 0 Å². The maximum atomic E-state index is 11.5. The highest BCUT2D eigenvalue weighted by Gasteiger charge is 2.23. The SMILES string of the molecule is COC(=O)CCS(=O)(=O)CC(O)CNC1CC1. The van der Waals surface area contributed by atoms with Crippen molar-refractivity contribution < 1.29 is 23.1 Å². The Labute approximate surface area is 101 Å². The Morgan fingerprint density at radius 3 is 2.71 bits per heavy atom. The zero-order valence-corrected chi connectivity index (χ0v) is 10.7. The van der Waals surface area contributed by atoms with E-state index in [2.05, 4.69) is 10.1 Å².